The van der Waals surface area contributed by atoms with E-state index in [4.69, 9.17) is 16.3 Å². The Bertz CT molecular complexity index is 370. The van der Waals surface area contributed by atoms with E-state index in [1.807, 2.05) is 0 Å². The Hall–Kier alpha value is -1.36. The van der Waals surface area contributed by atoms with Crippen molar-refractivity contribution in [2.24, 2.45) is 0 Å². The molecule has 1 aromatic carbocycles. The molecule has 76 valence electrons. The Kier molecular flexibility index (Phi) is 3.24. The van der Waals surface area contributed by atoms with E-state index in [0.717, 1.165) is 12.1 Å². The first-order valence-corrected chi connectivity index (χ1v) is 4.21. The average Bonchev–Trinajstić information content (AvgIpc) is 2.13. The van der Waals surface area contributed by atoms with Crippen LogP contribution in [0.3, 0.4) is 0 Å². The zero-order valence-electron chi connectivity index (χ0n) is 7.29. The van der Waals surface area contributed by atoms with Crippen LogP contribution in [0, 0.1) is 15.9 Å². The van der Waals surface area contributed by atoms with Crippen molar-refractivity contribution in [1.29, 1.82) is 0 Å². The maximum Gasteiger partial charge on any atom is 0.312 e. The monoisotopic (exact) mass is 219 g/mol. The van der Waals surface area contributed by atoms with Crippen LogP contribution in [-0.4, -0.2) is 11.5 Å². The molecule has 0 radical (unpaired) electrons. The molecule has 0 saturated heterocycles. The minimum atomic E-state index is -0.735. The van der Waals surface area contributed by atoms with Gasteiger partial charge in [-0.3, -0.25) is 10.1 Å². The molecular formula is C8H7ClFNO3. The van der Waals surface area contributed by atoms with Gasteiger partial charge in [0.1, 0.15) is 10.8 Å². The molecule has 6 heteroatoms. The quantitative estimate of drug-likeness (QED) is 0.580. The Morgan fingerprint density at radius 1 is 1.64 bits per heavy atom. The van der Waals surface area contributed by atoms with Crippen LogP contribution in [0.2, 0.25) is 5.02 Å². The molecular weight excluding hydrogens is 213 g/mol. The average molecular weight is 220 g/mol. The van der Waals surface area contributed by atoms with E-state index in [-0.39, 0.29) is 23.1 Å². The number of hydrogen-bond donors (Lipinski definition) is 0. The summed E-state index contributed by atoms with van der Waals surface area (Å²) < 4.78 is 17.8. The predicted molar refractivity (Wildman–Crippen MR) is 49.2 cm³/mol. The number of nitro groups is 1. The molecule has 0 amide bonds. The second kappa shape index (κ2) is 4.23. The van der Waals surface area contributed by atoms with Crippen molar-refractivity contribution >= 4 is 17.3 Å². The van der Waals surface area contributed by atoms with Crippen molar-refractivity contribution in [3.63, 3.8) is 0 Å². The van der Waals surface area contributed by atoms with Gasteiger partial charge in [0.05, 0.1) is 11.5 Å². The van der Waals surface area contributed by atoms with Gasteiger partial charge in [0.2, 0.25) is 5.75 Å². The van der Waals surface area contributed by atoms with Crippen molar-refractivity contribution in [1.82, 2.24) is 0 Å². The fourth-order valence-corrected chi connectivity index (χ4v) is 1.16. The van der Waals surface area contributed by atoms with Crippen LogP contribution < -0.4 is 4.74 Å². The molecule has 14 heavy (non-hydrogen) atoms. The van der Waals surface area contributed by atoms with Gasteiger partial charge in [-0.2, -0.15) is 0 Å². The summed E-state index contributed by atoms with van der Waals surface area (Å²) in [6, 6.07) is 1.95. The van der Waals surface area contributed by atoms with Gasteiger partial charge in [0.25, 0.3) is 0 Å². The summed E-state index contributed by atoms with van der Waals surface area (Å²) in [5, 5.41) is 10.1. The normalized spacial score (nSPS) is 9.93. The maximum absolute atomic E-state index is 12.9. The number of rotatable bonds is 3. The molecule has 0 atom stereocenters. The van der Waals surface area contributed by atoms with Gasteiger partial charge in [0.15, 0.2) is 0 Å². The van der Waals surface area contributed by atoms with Crippen LogP contribution in [0.15, 0.2) is 12.1 Å². The molecule has 0 heterocycles. The number of ether oxygens (including phenoxy) is 1. The second-order valence-corrected chi connectivity index (χ2v) is 2.78. The number of halogens is 2. The smallest absolute Gasteiger partial charge is 0.312 e. The van der Waals surface area contributed by atoms with E-state index in [1.165, 1.54) is 0 Å². The number of benzene rings is 1. The van der Waals surface area contributed by atoms with Gasteiger partial charge in [0, 0.05) is 6.07 Å². The molecule has 0 aliphatic heterocycles. The molecule has 0 aliphatic rings. The SMILES string of the molecule is CCOc1c([N+](=O)[O-])ccc(F)c1Cl. The first kappa shape index (κ1) is 10.7. The van der Waals surface area contributed by atoms with Gasteiger partial charge in [-0.15, -0.1) is 0 Å². The molecule has 0 spiro atoms. The Morgan fingerprint density at radius 3 is 2.79 bits per heavy atom. The highest BCUT2D eigenvalue weighted by atomic mass is 35.5. The lowest BCUT2D eigenvalue weighted by molar-refractivity contribution is -0.385. The van der Waals surface area contributed by atoms with Gasteiger partial charge >= 0.3 is 5.69 Å². The first-order chi connectivity index (χ1) is 6.57. The molecule has 0 aromatic heterocycles. The molecule has 0 N–H and O–H groups in total. The minimum Gasteiger partial charge on any atom is -0.486 e. The van der Waals surface area contributed by atoms with Crippen molar-refractivity contribution in [2.45, 2.75) is 6.92 Å². The second-order valence-electron chi connectivity index (χ2n) is 2.40. The van der Waals surface area contributed by atoms with Crippen LogP contribution >= 0.6 is 11.6 Å². The molecule has 0 bridgehead atoms. The third kappa shape index (κ3) is 1.93. The number of nitro benzene ring substituents is 1. The summed E-state index contributed by atoms with van der Waals surface area (Å²) in [4.78, 5) is 9.83. The van der Waals surface area contributed by atoms with E-state index in [0.29, 0.717) is 0 Å². The lowest BCUT2D eigenvalue weighted by atomic mass is 10.3. The molecule has 0 unspecified atom stereocenters. The van der Waals surface area contributed by atoms with Gasteiger partial charge in [-0.05, 0) is 13.0 Å². The van der Waals surface area contributed by atoms with Crippen LogP contribution in [0.5, 0.6) is 5.75 Å². The van der Waals surface area contributed by atoms with E-state index in [1.54, 1.807) is 6.92 Å². The summed E-state index contributed by atoms with van der Waals surface area (Å²) in [7, 11) is 0. The largest absolute Gasteiger partial charge is 0.486 e. The summed E-state index contributed by atoms with van der Waals surface area (Å²) >= 11 is 5.52. The molecule has 1 rings (SSSR count). The van der Waals surface area contributed by atoms with Crippen molar-refractivity contribution < 1.29 is 14.1 Å². The fraction of sp³-hybridized carbons (Fsp3) is 0.250. The highest BCUT2D eigenvalue weighted by Gasteiger charge is 2.21. The molecule has 0 fully saturated rings. The van der Waals surface area contributed by atoms with Crippen LogP contribution in [0.1, 0.15) is 6.92 Å². The van der Waals surface area contributed by atoms with E-state index < -0.39 is 10.7 Å². The Labute approximate surface area is 84.4 Å². The third-order valence-electron chi connectivity index (χ3n) is 1.51. The maximum atomic E-state index is 12.9. The molecule has 4 nitrogen and oxygen atoms in total. The zero-order valence-corrected chi connectivity index (χ0v) is 8.05. The highest BCUT2D eigenvalue weighted by molar-refractivity contribution is 6.32. The van der Waals surface area contributed by atoms with Crippen molar-refractivity contribution in [3.8, 4) is 5.75 Å². The van der Waals surface area contributed by atoms with Gasteiger partial charge in [-0.25, -0.2) is 4.39 Å². The standard InChI is InChI=1S/C8H7ClFNO3/c1-2-14-8-6(11(12)13)4-3-5(10)7(8)9/h3-4H,2H2,1H3. The Morgan fingerprint density at radius 2 is 2.29 bits per heavy atom. The molecule has 0 saturated carbocycles. The number of hydrogen-bond acceptors (Lipinski definition) is 3. The van der Waals surface area contributed by atoms with E-state index >= 15 is 0 Å². The molecule has 1 aromatic rings. The summed E-state index contributed by atoms with van der Waals surface area (Å²) in [6.45, 7) is 1.81. The highest BCUT2D eigenvalue weighted by Crippen LogP contribution is 2.36. The Balaban J connectivity index is 3.29. The first-order valence-electron chi connectivity index (χ1n) is 3.83. The molecule has 0 aliphatic carbocycles. The van der Waals surface area contributed by atoms with Gasteiger partial charge < -0.3 is 4.74 Å². The minimum absolute atomic E-state index is 0.185. The topological polar surface area (TPSA) is 52.4 Å². The van der Waals surface area contributed by atoms with Crippen molar-refractivity contribution in [2.75, 3.05) is 6.61 Å². The predicted octanol–water partition coefficient (Wildman–Crippen LogP) is 2.79. The lowest BCUT2D eigenvalue weighted by Crippen LogP contribution is -1.99. The number of nitrogens with zero attached hydrogens (tertiary/aromatic N) is 1. The lowest BCUT2D eigenvalue weighted by Gasteiger charge is -2.06. The van der Waals surface area contributed by atoms with Gasteiger partial charge in [-0.1, -0.05) is 11.6 Å². The zero-order chi connectivity index (χ0) is 10.7. The van der Waals surface area contributed by atoms with Crippen LogP contribution in [0.4, 0.5) is 10.1 Å². The summed E-state index contributed by atoms with van der Waals surface area (Å²) in [5.74, 6) is -0.958. The van der Waals surface area contributed by atoms with Crippen LogP contribution in [0.25, 0.3) is 0 Å². The van der Waals surface area contributed by atoms with Crippen molar-refractivity contribution in [3.05, 3.63) is 33.1 Å². The van der Waals surface area contributed by atoms with E-state index in [9.17, 15) is 14.5 Å². The van der Waals surface area contributed by atoms with Crippen LogP contribution in [-0.2, 0) is 0 Å². The van der Waals surface area contributed by atoms with E-state index in [2.05, 4.69) is 0 Å². The third-order valence-corrected chi connectivity index (χ3v) is 1.87. The fourth-order valence-electron chi connectivity index (χ4n) is 0.947. The summed E-state index contributed by atoms with van der Waals surface area (Å²) in [6.07, 6.45) is 0. The summed E-state index contributed by atoms with van der Waals surface area (Å²) in [5.41, 5.74) is -0.335.